The van der Waals surface area contributed by atoms with Gasteiger partial charge in [0.05, 0.1) is 4.88 Å². The first kappa shape index (κ1) is 10.4. The van der Waals surface area contributed by atoms with Gasteiger partial charge in [0.15, 0.2) is 5.78 Å². The molecule has 2 N–H and O–H groups in total. The van der Waals surface area contributed by atoms with Crippen molar-refractivity contribution in [3.8, 4) is 0 Å². The molecule has 0 spiro atoms. The standard InChI is InChI=1S/C10H15NOS/c1-10(2,3)9(12)8-5-4-7(6-11)13-8/h4-5H,6,11H2,1-3H3. The highest BCUT2D eigenvalue weighted by molar-refractivity contribution is 7.14. The van der Waals surface area contributed by atoms with E-state index in [4.69, 9.17) is 5.73 Å². The Bertz CT molecular complexity index is 309. The van der Waals surface area contributed by atoms with Crippen molar-refractivity contribution in [2.75, 3.05) is 0 Å². The second-order valence-electron chi connectivity index (χ2n) is 4.05. The lowest BCUT2D eigenvalue weighted by Gasteiger charge is -2.14. The molecule has 2 nitrogen and oxygen atoms in total. The van der Waals surface area contributed by atoms with Crippen LogP contribution in [0.5, 0.6) is 0 Å². The maximum absolute atomic E-state index is 11.8. The molecular weight excluding hydrogens is 182 g/mol. The van der Waals surface area contributed by atoms with Gasteiger partial charge in [0.1, 0.15) is 0 Å². The van der Waals surface area contributed by atoms with Crippen LogP contribution in [0.3, 0.4) is 0 Å². The van der Waals surface area contributed by atoms with Crippen LogP contribution in [0.2, 0.25) is 0 Å². The van der Waals surface area contributed by atoms with E-state index in [9.17, 15) is 4.79 Å². The van der Waals surface area contributed by atoms with Crippen LogP contribution in [0.4, 0.5) is 0 Å². The molecular formula is C10H15NOS. The minimum absolute atomic E-state index is 0.192. The van der Waals surface area contributed by atoms with E-state index in [-0.39, 0.29) is 11.2 Å². The zero-order valence-corrected chi connectivity index (χ0v) is 9.07. The number of carbonyl (C=O) groups excluding carboxylic acids is 1. The summed E-state index contributed by atoms with van der Waals surface area (Å²) >= 11 is 1.49. The lowest BCUT2D eigenvalue weighted by molar-refractivity contribution is 0.0863. The summed E-state index contributed by atoms with van der Waals surface area (Å²) in [4.78, 5) is 13.6. The van der Waals surface area contributed by atoms with Crippen LogP contribution in [-0.2, 0) is 6.54 Å². The van der Waals surface area contributed by atoms with E-state index in [1.165, 1.54) is 11.3 Å². The van der Waals surface area contributed by atoms with Crippen molar-refractivity contribution in [1.29, 1.82) is 0 Å². The lowest BCUT2D eigenvalue weighted by atomic mass is 9.90. The summed E-state index contributed by atoms with van der Waals surface area (Å²) in [5.41, 5.74) is 5.18. The molecule has 3 heteroatoms. The molecule has 0 radical (unpaired) electrons. The number of thiophene rings is 1. The van der Waals surface area contributed by atoms with Gasteiger partial charge in [0.2, 0.25) is 0 Å². The van der Waals surface area contributed by atoms with Crippen LogP contribution in [-0.4, -0.2) is 5.78 Å². The molecule has 0 fully saturated rings. The van der Waals surface area contributed by atoms with Crippen molar-refractivity contribution in [3.63, 3.8) is 0 Å². The summed E-state index contributed by atoms with van der Waals surface area (Å²) in [5.74, 6) is 0.192. The minimum Gasteiger partial charge on any atom is -0.326 e. The molecule has 1 aromatic heterocycles. The van der Waals surface area contributed by atoms with Crippen molar-refractivity contribution in [3.05, 3.63) is 21.9 Å². The van der Waals surface area contributed by atoms with Gasteiger partial charge in [-0.05, 0) is 12.1 Å². The minimum atomic E-state index is -0.295. The maximum atomic E-state index is 11.8. The smallest absolute Gasteiger partial charge is 0.178 e. The molecule has 0 aromatic carbocycles. The first-order valence-electron chi connectivity index (χ1n) is 4.28. The third-order valence-electron chi connectivity index (χ3n) is 1.77. The number of carbonyl (C=O) groups is 1. The van der Waals surface area contributed by atoms with E-state index in [0.717, 1.165) is 9.75 Å². The molecule has 1 rings (SSSR count). The third-order valence-corrected chi connectivity index (χ3v) is 2.87. The molecule has 0 aliphatic rings. The van der Waals surface area contributed by atoms with Crippen LogP contribution in [0.15, 0.2) is 12.1 Å². The molecule has 1 aromatic rings. The number of hydrogen-bond donors (Lipinski definition) is 1. The van der Waals surface area contributed by atoms with Gasteiger partial charge in [0.25, 0.3) is 0 Å². The van der Waals surface area contributed by atoms with E-state index in [2.05, 4.69) is 0 Å². The Labute approximate surface area is 82.8 Å². The monoisotopic (exact) mass is 197 g/mol. The van der Waals surface area contributed by atoms with E-state index in [1.54, 1.807) is 0 Å². The molecule has 0 saturated heterocycles. The summed E-state index contributed by atoms with van der Waals surface area (Å²) in [5, 5.41) is 0. The molecule has 0 atom stereocenters. The molecule has 0 aliphatic heterocycles. The number of Topliss-reactive ketones (excluding diaryl/α,β-unsaturated/α-hetero) is 1. The van der Waals surface area contributed by atoms with Crippen LogP contribution < -0.4 is 5.73 Å². The second-order valence-corrected chi connectivity index (χ2v) is 5.22. The first-order chi connectivity index (χ1) is 5.95. The summed E-state index contributed by atoms with van der Waals surface area (Å²) in [6, 6.07) is 3.78. The van der Waals surface area contributed by atoms with Gasteiger partial charge in [-0.2, -0.15) is 0 Å². The molecule has 0 amide bonds. The predicted molar refractivity (Wildman–Crippen MR) is 56.0 cm³/mol. The van der Waals surface area contributed by atoms with E-state index < -0.39 is 0 Å². The first-order valence-corrected chi connectivity index (χ1v) is 5.10. The topological polar surface area (TPSA) is 43.1 Å². The fourth-order valence-corrected chi connectivity index (χ4v) is 2.02. The van der Waals surface area contributed by atoms with Gasteiger partial charge in [-0.15, -0.1) is 11.3 Å². The Morgan fingerprint density at radius 1 is 1.46 bits per heavy atom. The molecule has 0 unspecified atom stereocenters. The highest BCUT2D eigenvalue weighted by atomic mass is 32.1. The molecule has 13 heavy (non-hydrogen) atoms. The number of hydrogen-bond acceptors (Lipinski definition) is 3. The molecule has 0 saturated carbocycles. The third kappa shape index (κ3) is 2.39. The van der Waals surface area contributed by atoms with Gasteiger partial charge < -0.3 is 5.73 Å². The Kier molecular flexibility index (Phi) is 2.88. The van der Waals surface area contributed by atoms with Gasteiger partial charge in [-0.1, -0.05) is 20.8 Å². The molecule has 0 bridgehead atoms. The number of ketones is 1. The van der Waals surface area contributed by atoms with Gasteiger partial charge in [-0.25, -0.2) is 0 Å². The Hall–Kier alpha value is -0.670. The van der Waals surface area contributed by atoms with Crippen LogP contribution in [0, 0.1) is 5.41 Å². The number of rotatable bonds is 2. The Balaban J connectivity index is 2.90. The summed E-state index contributed by atoms with van der Waals surface area (Å²) in [7, 11) is 0. The van der Waals surface area contributed by atoms with Crippen molar-refractivity contribution >= 4 is 17.1 Å². The van der Waals surface area contributed by atoms with E-state index in [0.29, 0.717) is 6.54 Å². The normalized spacial score (nSPS) is 11.7. The fraction of sp³-hybridized carbons (Fsp3) is 0.500. The SMILES string of the molecule is CC(C)(C)C(=O)c1ccc(CN)s1. The zero-order valence-electron chi connectivity index (χ0n) is 8.26. The van der Waals surface area contributed by atoms with E-state index in [1.807, 2.05) is 32.9 Å². The van der Waals surface area contributed by atoms with Crippen molar-refractivity contribution < 1.29 is 4.79 Å². The zero-order chi connectivity index (χ0) is 10.1. The highest BCUT2D eigenvalue weighted by Gasteiger charge is 2.23. The summed E-state index contributed by atoms with van der Waals surface area (Å²) in [6.07, 6.45) is 0. The van der Waals surface area contributed by atoms with Crippen molar-refractivity contribution in [2.45, 2.75) is 27.3 Å². The maximum Gasteiger partial charge on any atom is 0.178 e. The predicted octanol–water partition coefficient (Wildman–Crippen LogP) is 2.44. The quantitative estimate of drug-likeness (QED) is 0.740. The van der Waals surface area contributed by atoms with Gasteiger partial charge in [-0.3, -0.25) is 4.79 Å². The van der Waals surface area contributed by atoms with Crippen LogP contribution in [0.25, 0.3) is 0 Å². The average Bonchev–Trinajstić information content (AvgIpc) is 2.48. The lowest BCUT2D eigenvalue weighted by Crippen LogP contribution is -2.18. The fourth-order valence-electron chi connectivity index (χ4n) is 0.979. The van der Waals surface area contributed by atoms with E-state index >= 15 is 0 Å². The largest absolute Gasteiger partial charge is 0.326 e. The van der Waals surface area contributed by atoms with Crippen LogP contribution in [0.1, 0.15) is 35.3 Å². The molecule has 0 aliphatic carbocycles. The Morgan fingerprint density at radius 3 is 2.46 bits per heavy atom. The molecule has 72 valence electrons. The van der Waals surface area contributed by atoms with Crippen molar-refractivity contribution in [2.24, 2.45) is 11.1 Å². The Morgan fingerprint density at radius 2 is 2.08 bits per heavy atom. The van der Waals surface area contributed by atoms with Crippen LogP contribution >= 0.6 is 11.3 Å². The average molecular weight is 197 g/mol. The summed E-state index contributed by atoms with van der Waals surface area (Å²) in [6.45, 7) is 6.30. The van der Waals surface area contributed by atoms with Gasteiger partial charge in [0, 0.05) is 16.8 Å². The highest BCUT2D eigenvalue weighted by Crippen LogP contribution is 2.25. The molecule has 1 heterocycles. The van der Waals surface area contributed by atoms with Gasteiger partial charge >= 0.3 is 0 Å². The van der Waals surface area contributed by atoms with Crippen molar-refractivity contribution in [1.82, 2.24) is 0 Å². The number of nitrogens with two attached hydrogens (primary N) is 1. The summed E-state index contributed by atoms with van der Waals surface area (Å²) < 4.78 is 0. The second kappa shape index (κ2) is 3.60.